The number of nitrogens with zero attached hydrogens (tertiary/aromatic N) is 2. The highest BCUT2D eigenvalue weighted by molar-refractivity contribution is 7.15. The molecule has 0 fully saturated rings. The Morgan fingerprint density at radius 1 is 1.21 bits per heavy atom. The van der Waals surface area contributed by atoms with Crippen LogP contribution in [0.15, 0.2) is 18.2 Å². The zero-order valence-corrected chi connectivity index (χ0v) is 9.49. The van der Waals surface area contributed by atoms with Crippen LogP contribution in [0.3, 0.4) is 0 Å². The minimum absolute atomic E-state index is 0.311. The van der Waals surface area contributed by atoms with Gasteiger partial charge in [-0.15, -0.1) is 11.3 Å². The molecule has 14 heavy (non-hydrogen) atoms. The average molecular weight is 225 g/mol. The molecule has 0 spiro atoms. The summed E-state index contributed by atoms with van der Waals surface area (Å²) in [5, 5.41) is 0.311. The third-order valence-electron chi connectivity index (χ3n) is 1.82. The SMILES string of the molecule is Cc1cc(-c2ccc(C)s2)nc(Cl)n1. The van der Waals surface area contributed by atoms with Crippen LogP contribution >= 0.6 is 22.9 Å². The molecule has 2 nitrogen and oxygen atoms in total. The second-order valence-corrected chi connectivity index (χ2v) is 4.70. The van der Waals surface area contributed by atoms with Crippen molar-refractivity contribution in [2.24, 2.45) is 0 Å². The summed E-state index contributed by atoms with van der Waals surface area (Å²) in [7, 11) is 0. The molecule has 2 rings (SSSR count). The molecule has 2 aromatic rings. The standard InChI is InChI=1S/C10H9ClN2S/c1-6-5-8(13-10(11)12-6)9-4-3-7(2)14-9/h3-5H,1-2H3. The molecule has 72 valence electrons. The van der Waals surface area contributed by atoms with Crippen molar-refractivity contribution in [3.8, 4) is 10.6 Å². The Hall–Kier alpha value is -0.930. The van der Waals surface area contributed by atoms with E-state index < -0.39 is 0 Å². The van der Waals surface area contributed by atoms with Crippen LogP contribution in [-0.2, 0) is 0 Å². The van der Waals surface area contributed by atoms with Crippen molar-refractivity contribution < 1.29 is 0 Å². The summed E-state index contributed by atoms with van der Waals surface area (Å²) in [6.45, 7) is 3.99. The molecule has 0 aliphatic carbocycles. The Labute approximate surface area is 91.6 Å². The first-order valence-electron chi connectivity index (χ1n) is 4.23. The topological polar surface area (TPSA) is 25.8 Å². The van der Waals surface area contributed by atoms with Crippen molar-refractivity contribution in [3.05, 3.63) is 34.1 Å². The zero-order chi connectivity index (χ0) is 10.1. The molecule has 0 unspecified atom stereocenters. The highest BCUT2D eigenvalue weighted by Gasteiger charge is 2.04. The van der Waals surface area contributed by atoms with E-state index >= 15 is 0 Å². The molecule has 0 radical (unpaired) electrons. The maximum atomic E-state index is 5.79. The number of rotatable bonds is 1. The average Bonchev–Trinajstić information content (AvgIpc) is 2.50. The van der Waals surface area contributed by atoms with Crippen LogP contribution < -0.4 is 0 Å². The Morgan fingerprint density at radius 3 is 2.57 bits per heavy atom. The van der Waals surface area contributed by atoms with Gasteiger partial charge in [0.15, 0.2) is 0 Å². The van der Waals surface area contributed by atoms with Gasteiger partial charge < -0.3 is 0 Å². The summed E-state index contributed by atoms with van der Waals surface area (Å²) in [4.78, 5) is 10.6. The van der Waals surface area contributed by atoms with E-state index in [1.54, 1.807) is 11.3 Å². The van der Waals surface area contributed by atoms with Crippen molar-refractivity contribution in [1.29, 1.82) is 0 Å². The second kappa shape index (κ2) is 3.67. The van der Waals surface area contributed by atoms with Crippen molar-refractivity contribution in [2.45, 2.75) is 13.8 Å². The molecule has 2 heterocycles. The van der Waals surface area contributed by atoms with Crippen LogP contribution in [0.4, 0.5) is 0 Å². The van der Waals surface area contributed by atoms with Crippen LogP contribution in [0.2, 0.25) is 5.28 Å². The Balaban J connectivity index is 2.51. The summed E-state index contributed by atoms with van der Waals surface area (Å²) >= 11 is 7.50. The van der Waals surface area contributed by atoms with Gasteiger partial charge in [-0.2, -0.15) is 0 Å². The summed E-state index contributed by atoms with van der Waals surface area (Å²) < 4.78 is 0. The third-order valence-corrected chi connectivity index (χ3v) is 3.01. The van der Waals surface area contributed by atoms with Gasteiger partial charge in [0.25, 0.3) is 0 Å². The number of hydrogen-bond donors (Lipinski definition) is 0. The van der Waals surface area contributed by atoms with Crippen molar-refractivity contribution >= 4 is 22.9 Å². The van der Waals surface area contributed by atoms with Crippen LogP contribution in [0, 0.1) is 13.8 Å². The van der Waals surface area contributed by atoms with Gasteiger partial charge >= 0.3 is 0 Å². The summed E-state index contributed by atoms with van der Waals surface area (Å²) in [5.74, 6) is 0. The number of halogens is 1. The smallest absolute Gasteiger partial charge is 0.223 e. The first-order valence-corrected chi connectivity index (χ1v) is 5.42. The maximum Gasteiger partial charge on any atom is 0.223 e. The molecule has 0 saturated carbocycles. The van der Waals surface area contributed by atoms with E-state index in [1.165, 1.54) is 4.88 Å². The lowest BCUT2D eigenvalue weighted by Crippen LogP contribution is -1.88. The van der Waals surface area contributed by atoms with E-state index in [-0.39, 0.29) is 0 Å². The fraction of sp³-hybridized carbons (Fsp3) is 0.200. The van der Waals surface area contributed by atoms with Gasteiger partial charge in [0, 0.05) is 10.6 Å². The van der Waals surface area contributed by atoms with Crippen molar-refractivity contribution in [3.63, 3.8) is 0 Å². The van der Waals surface area contributed by atoms with Crippen molar-refractivity contribution in [1.82, 2.24) is 9.97 Å². The fourth-order valence-electron chi connectivity index (χ4n) is 1.23. The van der Waals surface area contributed by atoms with Crippen molar-refractivity contribution in [2.75, 3.05) is 0 Å². The molecule has 0 aliphatic rings. The first kappa shape index (κ1) is 9.62. The van der Waals surface area contributed by atoms with Gasteiger partial charge in [0.1, 0.15) is 0 Å². The molecule has 2 aromatic heterocycles. The molecule has 0 atom stereocenters. The van der Waals surface area contributed by atoms with Gasteiger partial charge in [0.05, 0.1) is 10.6 Å². The molecule has 0 aliphatic heterocycles. The highest BCUT2D eigenvalue weighted by atomic mass is 35.5. The molecule has 0 aromatic carbocycles. The van der Waals surface area contributed by atoms with Crippen LogP contribution in [0.5, 0.6) is 0 Å². The van der Waals surface area contributed by atoms with Gasteiger partial charge in [-0.3, -0.25) is 0 Å². The Morgan fingerprint density at radius 2 is 2.00 bits per heavy atom. The Kier molecular flexibility index (Phi) is 2.52. The van der Waals surface area contributed by atoms with Crippen LogP contribution in [0.1, 0.15) is 10.6 Å². The number of aryl methyl sites for hydroxylation is 2. The minimum atomic E-state index is 0.311. The largest absolute Gasteiger partial charge is 0.223 e. The van der Waals surface area contributed by atoms with E-state index in [2.05, 4.69) is 29.0 Å². The minimum Gasteiger partial charge on any atom is -0.223 e. The number of hydrogen-bond acceptors (Lipinski definition) is 3. The Bertz CT molecular complexity index is 445. The predicted molar refractivity (Wildman–Crippen MR) is 59.8 cm³/mol. The number of aromatic nitrogens is 2. The monoisotopic (exact) mass is 224 g/mol. The molecule has 0 bridgehead atoms. The number of thiophene rings is 1. The van der Waals surface area contributed by atoms with Crippen LogP contribution in [-0.4, -0.2) is 9.97 Å². The molecule has 0 amide bonds. The highest BCUT2D eigenvalue weighted by Crippen LogP contribution is 2.26. The molecular formula is C10H9ClN2S. The predicted octanol–water partition coefficient (Wildman–Crippen LogP) is 3.48. The van der Waals surface area contributed by atoms with Gasteiger partial charge in [-0.25, -0.2) is 9.97 Å². The summed E-state index contributed by atoms with van der Waals surface area (Å²) in [6, 6.07) is 6.07. The fourth-order valence-corrected chi connectivity index (χ4v) is 2.28. The first-order chi connectivity index (χ1) is 6.65. The molecular weight excluding hydrogens is 216 g/mol. The van der Waals surface area contributed by atoms with Gasteiger partial charge in [-0.1, -0.05) is 0 Å². The molecule has 0 saturated heterocycles. The van der Waals surface area contributed by atoms with E-state index in [0.717, 1.165) is 16.3 Å². The van der Waals surface area contributed by atoms with E-state index in [0.29, 0.717) is 5.28 Å². The third kappa shape index (κ3) is 1.94. The normalized spacial score (nSPS) is 10.5. The quantitative estimate of drug-likeness (QED) is 0.694. The zero-order valence-electron chi connectivity index (χ0n) is 7.91. The summed E-state index contributed by atoms with van der Waals surface area (Å²) in [6.07, 6.45) is 0. The van der Waals surface area contributed by atoms with E-state index in [4.69, 9.17) is 11.6 Å². The second-order valence-electron chi connectivity index (χ2n) is 3.07. The lowest BCUT2D eigenvalue weighted by atomic mass is 10.3. The summed E-state index contributed by atoms with van der Waals surface area (Å²) in [5.41, 5.74) is 1.80. The van der Waals surface area contributed by atoms with Crippen LogP contribution in [0.25, 0.3) is 10.6 Å². The van der Waals surface area contributed by atoms with Gasteiger partial charge in [0.2, 0.25) is 5.28 Å². The maximum absolute atomic E-state index is 5.79. The van der Waals surface area contributed by atoms with Gasteiger partial charge in [-0.05, 0) is 43.6 Å². The van der Waals surface area contributed by atoms with E-state index in [9.17, 15) is 0 Å². The van der Waals surface area contributed by atoms with E-state index in [1.807, 2.05) is 13.0 Å². The lowest BCUT2D eigenvalue weighted by Gasteiger charge is -1.98. The molecule has 0 N–H and O–H groups in total. The lowest BCUT2D eigenvalue weighted by molar-refractivity contribution is 1.11. The molecule has 4 heteroatoms.